The number of thioether (sulfide) groups is 1. The highest BCUT2D eigenvalue weighted by molar-refractivity contribution is 9.10. The molecule has 2 heterocycles. The molecule has 0 aliphatic carbocycles. The molecule has 0 radical (unpaired) electrons. The van der Waals surface area contributed by atoms with E-state index in [9.17, 15) is 4.79 Å². The van der Waals surface area contributed by atoms with Crippen LogP contribution in [0.3, 0.4) is 0 Å². The van der Waals surface area contributed by atoms with Crippen LogP contribution in [0.25, 0.3) is 17.1 Å². The van der Waals surface area contributed by atoms with Gasteiger partial charge in [-0.2, -0.15) is 0 Å². The monoisotopic (exact) mass is 530 g/mol. The molecule has 1 N–H and O–H groups in total. The molecule has 0 saturated carbocycles. The Labute approximate surface area is 201 Å². The smallest absolute Gasteiger partial charge is 0.236 e. The predicted octanol–water partition coefficient (Wildman–Crippen LogP) is 4.85. The molecule has 0 fully saturated rings. The average molecular weight is 531 g/mol. The number of aryl methyl sites for hydroxylation is 1. The normalized spacial score (nSPS) is 10.8. The van der Waals surface area contributed by atoms with Gasteiger partial charge in [0.05, 0.1) is 12.9 Å². The Balaban J connectivity index is 1.59. The third-order valence-electron chi connectivity index (χ3n) is 4.41. The minimum absolute atomic E-state index is 0.162. The second kappa shape index (κ2) is 10.2. The Morgan fingerprint density at radius 3 is 2.50 bits per heavy atom. The maximum absolute atomic E-state index is 12.5. The number of carbonyl (C=O) groups excluding carboxylic acids is 1. The number of amides is 1. The number of rotatable bonds is 8. The third-order valence-corrected chi connectivity index (χ3v) is 6.86. The van der Waals surface area contributed by atoms with Crippen molar-refractivity contribution in [1.29, 1.82) is 0 Å². The largest absolute Gasteiger partial charge is 0.497 e. The lowest BCUT2D eigenvalue weighted by Gasteiger charge is -2.11. The first-order valence-electron chi connectivity index (χ1n) is 9.68. The number of aromatic nitrogens is 5. The zero-order chi connectivity index (χ0) is 22.5. The first-order chi connectivity index (χ1) is 15.6. The fraction of sp³-hybridized carbons (Fsp3) is 0.190. The van der Waals surface area contributed by atoms with Gasteiger partial charge in [0.2, 0.25) is 11.0 Å². The van der Waals surface area contributed by atoms with Crippen LogP contribution in [0.1, 0.15) is 11.9 Å². The summed E-state index contributed by atoms with van der Waals surface area (Å²) < 4.78 is 8.19. The Kier molecular flexibility index (Phi) is 7.18. The molecule has 1 amide bonds. The molecule has 2 aromatic heterocycles. The van der Waals surface area contributed by atoms with Crippen molar-refractivity contribution >= 4 is 50.1 Å². The molecule has 4 rings (SSSR count). The van der Waals surface area contributed by atoms with E-state index in [1.54, 1.807) is 7.11 Å². The Morgan fingerprint density at radius 1 is 1.09 bits per heavy atom. The molecule has 8 nitrogen and oxygen atoms in total. The summed E-state index contributed by atoms with van der Waals surface area (Å²) in [6.07, 6.45) is 0.784. The Bertz CT molecular complexity index is 1210. The van der Waals surface area contributed by atoms with Gasteiger partial charge in [0, 0.05) is 15.7 Å². The van der Waals surface area contributed by atoms with E-state index >= 15 is 0 Å². The average Bonchev–Trinajstić information content (AvgIpc) is 3.45. The second-order valence-corrected chi connectivity index (χ2v) is 9.46. The van der Waals surface area contributed by atoms with Crippen LogP contribution in [0, 0.1) is 0 Å². The predicted molar refractivity (Wildman–Crippen MR) is 130 cm³/mol. The third kappa shape index (κ3) is 5.17. The van der Waals surface area contributed by atoms with Gasteiger partial charge in [-0.15, -0.1) is 20.4 Å². The number of anilines is 1. The summed E-state index contributed by atoms with van der Waals surface area (Å²) in [5.41, 5.74) is 1.78. The second-order valence-electron chi connectivity index (χ2n) is 6.54. The number of hydrogen-bond acceptors (Lipinski definition) is 8. The van der Waals surface area contributed by atoms with Crippen LogP contribution in [0.5, 0.6) is 5.75 Å². The van der Waals surface area contributed by atoms with E-state index < -0.39 is 0 Å². The zero-order valence-electron chi connectivity index (χ0n) is 17.3. The highest BCUT2D eigenvalue weighted by Crippen LogP contribution is 2.29. The van der Waals surface area contributed by atoms with Crippen molar-refractivity contribution in [3.05, 3.63) is 58.0 Å². The van der Waals surface area contributed by atoms with Crippen LogP contribution >= 0.6 is 39.0 Å². The fourth-order valence-electron chi connectivity index (χ4n) is 2.85. The van der Waals surface area contributed by atoms with Crippen molar-refractivity contribution < 1.29 is 9.53 Å². The number of carbonyl (C=O) groups is 1. The SMILES string of the molecule is CCc1nnc(NC(=O)CSc2nnc(-c3ccc(Br)cc3)n2-c2ccc(OC)cc2)s1. The van der Waals surface area contributed by atoms with Crippen LogP contribution in [0.4, 0.5) is 5.13 Å². The van der Waals surface area contributed by atoms with Crippen molar-refractivity contribution in [2.24, 2.45) is 0 Å². The molecule has 0 aliphatic rings. The number of methoxy groups -OCH3 is 1. The molecule has 0 saturated heterocycles. The number of nitrogens with zero attached hydrogens (tertiary/aromatic N) is 5. The van der Waals surface area contributed by atoms with E-state index in [0.717, 1.165) is 32.9 Å². The lowest BCUT2D eigenvalue weighted by atomic mass is 10.2. The van der Waals surface area contributed by atoms with Crippen molar-refractivity contribution in [2.75, 3.05) is 18.2 Å². The minimum atomic E-state index is -0.178. The fourth-order valence-corrected chi connectivity index (χ4v) is 4.56. The summed E-state index contributed by atoms with van der Waals surface area (Å²) >= 11 is 6.14. The molecular weight excluding hydrogens is 512 g/mol. The number of nitrogens with one attached hydrogen (secondary N) is 1. The van der Waals surface area contributed by atoms with Gasteiger partial charge < -0.3 is 4.74 Å². The molecule has 2 aromatic carbocycles. The molecule has 32 heavy (non-hydrogen) atoms. The zero-order valence-corrected chi connectivity index (χ0v) is 20.5. The van der Waals surface area contributed by atoms with Gasteiger partial charge in [-0.3, -0.25) is 14.7 Å². The molecule has 0 spiro atoms. The quantitative estimate of drug-likeness (QED) is 0.325. The molecule has 0 atom stereocenters. The molecule has 164 valence electrons. The highest BCUT2D eigenvalue weighted by Gasteiger charge is 2.18. The lowest BCUT2D eigenvalue weighted by Crippen LogP contribution is -2.14. The van der Waals surface area contributed by atoms with Gasteiger partial charge in [-0.25, -0.2) is 0 Å². The number of hydrogen-bond donors (Lipinski definition) is 1. The highest BCUT2D eigenvalue weighted by atomic mass is 79.9. The Hall–Kier alpha value is -2.76. The number of benzene rings is 2. The van der Waals surface area contributed by atoms with Gasteiger partial charge in [-0.1, -0.05) is 58.1 Å². The summed E-state index contributed by atoms with van der Waals surface area (Å²) in [4.78, 5) is 12.5. The van der Waals surface area contributed by atoms with E-state index in [0.29, 0.717) is 16.1 Å². The van der Waals surface area contributed by atoms with E-state index in [2.05, 4.69) is 41.6 Å². The van der Waals surface area contributed by atoms with Gasteiger partial charge in [0.25, 0.3) is 0 Å². The van der Waals surface area contributed by atoms with E-state index in [1.807, 2.05) is 60.0 Å². The maximum atomic E-state index is 12.5. The maximum Gasteiger partial charge on any atom is 0.236 e. The summed E-state index contributed by atoms with van der Waals surface area (Å²) in [6, 6.07) is 15.5. The molecule has 0 aliphatic heterocycles. The van der Waals surface area contributed by atoms with Crippen LogP contribution in [-0.4, -0.2) is 43.7 Å². The van der Waals surface area contributed by atoms with Gasteiger partial charge in [-0.05, 0) is 42.8 Å². The molecule has 4 aromatic rings. The van der Waals surface area contributed by atoms with Crippen molar-refractivity contribution in [2.45, 2.75) is 18.5 Å². The van der Waals surface area contributed by atoms with E-state index in [1.165, 1.54) is 23.1 Å². The number of halogens is 1. The first kappa shape index (κ1) is 22.4. The van der Waals surface area contributed by atoms with Gasteiger partial charge in [0.1, 0.15) is 10.8 Å². The van der Waals surface area contributed by atoms with E-state index in [4.69, 9.17) is 4.74 Å². The summed E-state index contributed by atoms with van der Waals surface area (Å²) in [5, 5.41) is 21.6. The molecular formula is C21H19BrN6O2S2. The summed E-state index contributed by atoms with van der Waals surface area (Å²) in [5.74, 6) is 1.42. The van der Waals surface area contributed by atoms with Crippen molar-refractivity contribution in [3.63, 3.8) is 0 Å². The minimum Gasteiger partial charge on any atom is -0.497 e. The van der Waals surface area contributed by atoms with Gasteiger partial charge >= 0.3 is 0 Å². The first-order valence-corrected chi connectivity index (χ1v) is 12.3. The van der Waals surface area contributed by atoms with Crippen molar-refractivity contribution in [3.8, 4) is 22.8 Å². The molecule has 0 bridgehead atoms. The summed E-state index contributed by atoms with van der Waals surface area (Å²) in [6.45, 7) is 2.00. The van der Waals surface area contributed by atoms with Crippen LogP contribution < -0.4 is 10.1 Å². The van der Waals surface area contributed by atoms with Crippen LogP contribution in [-0.2, 0) is 11.2 Å². The van der Waals surface area contributed by atoms with Crippen LogP contribution in [0.15, 0.2) is 58.2 Å². The molecule has 11 heteroatoms. The van der Waals surface area contributed by atoms with Crippen molar-refractivity contribution in [1.82, 2.24) is 25.0 Å². The Morgan fingerprint density at radius 2 is 1.84 bits per heavy atom. The summed E-state index contributed by atoms with van der Waals surface area (Å²) in [7, 11) is 1.63. The molecule has 0 unspecified atom stereocenters. The topological polar surface area (TPSA) is 94.8 Å². The van der Waals surface area contributed by atoms with Crippen LogP contribution in [0.2, 0.25) is 0 Å². The van der Waals surface area contributed by atoms with Gasteiger partial charge in [0.15, 0.2) is 11.0 Å². The lowest BCUT2D eigenvalue weighted by molar-refractivity contribution is -0.113. The standard InChI is InChI=1S/C21H19BrN6O2S2/c1-3-18-24-26-20(32-18)23-17(29)12-31-21-27-25-19(13-4-6-14(22)7-5-13)28(21)15-8-10-16(30-2)11-9-15/h4-11H,3,12H2,1-2H3,(H,23,26,29). The number of ether oxygens (including phenoxy) is 1. The van der Waals surface area contributed by atoms with E-state index in [-0.39, 0.29) is 11.7 Å².